The topological polar surface area (TPSA) is 85.4 Å². The number of carbonyl (C=O) groups is 3. The van der Waals surface area contributed by atoms with Gasteiger partial charge in [0.2, 0.25) is 18.6 Å². The van der Waals surface area contributed by atoms with Crippen molar-refractivity contribution in [2.24, 2.45) is 5.92 Å². The number of hydrogen-bond donors (Lipinski definition) is 0. The minimum Gasteiger partial charge on any atom is -0.497 e. The molecule has 2 aromatic carbocycles. The Morgan fingerprint density at radius 2 is 1.76 bits per heavy atom. The number of fused-ring (bicyclic) bond motifs is 1. The van der Waals surface area contributed by atoms with Crippen LogP contribution in [0.15, 0.2) is 42.5 Å². The van der Waals surface area contributed by atoms with E-state index in [0.29, 0.717) is 22.9 Å². The van der Waals surface area contributed by atoms with Crippen molar-refractivity contribution in [2.45, 2.75) is 51.1 Å². The van der Waals surface area contributed by atoms with Crippen molar-refractivity contribution in [1.82, 2.24) is 4.90 Å². The van der Waals surface area contributed by atoms with Gasteiger partial charge in [-0.2, -0.15) is 0 Å². The zero-order valence-corrected chi connectivity index (χ0v) is 19.2. The van der Waals surface area contributed by atoms with Crippen LogP contribution in [0.2, 0.25) is 0 Å². The lowest BCUT2D eigenvalue weighted by molar-refractivity contribution is -0.143. The van der Waals surface area contributed by atoms with Crippen LogP contribution in [-0.4, -0.2) is 42.6 Å². The molecule has 0 spiro atoms. The van der Waals surface area contributed by atoms with E-state index in [1.54, 1.807) is 36.3 Å². The van der Waals surface area contributed by atoms with E-state index in [-0.39, 0.29) is 43.4 Å². The normalized spacial score (nSPS) is 20.0. The van der Waals surface area contributed by atoms with Gasteiger partial charge in [-0.1, -0.05) is 25.3 Å². The van der Waals surface area contributed by atoms with Gasteiger partial charge in [-0.3, -0.25) is 14.4 Å². The lowest BCUT2D eigenvalue weighted by atomic mass is 9.87. The highest BCUT2D eigenvalue weighted by Gasteiger charge is 2.45. The van der Waals surface area contributed by atoms with Gasteiger partial charge in [0.25, 0.3) is 5.91 Å². The number of nitrogens with zero attached hydrogens (tertiary/aromatic N) is 2. The van der Waals surface area contributed by atoms with Crippen LogP contribution in [-0.2, 0) is 20.9 Å². The first-order valence-electron chi connectivity index (χ1n) is 11.7. The van der Waals surface area contributed by atoms with Crippen molar-refractivity contribution >= 4 is 23.4 Å². The SMILES string of the molecule is COc1ccc(N2C(=O)CC(N(Cc3ccc4c(c3)OCO4)C(=O)C3CCCCC3)C2=O)cc1. The van der Waals surface area contributed by atoms with E-state index < -0.39 is 6.04 Å². The summed E-state index contributed by atoms with van der Waals surface area (Å²) in [6.45, 7) is 0.391. The number of methoxy groups -OCH3 is 1. The Balaban J connectivity index is 1.43. The molecule has 34 heavy (non-hydrogen) atoms. The minimum absolute atomic E-state index is 0.0339. The van der Waals surface area contributed by atoms with Gasteiger partial charge < -0.3 is 19.1 Å². The number of anilines is 1. The molecule has 2 fully saturated rings. The molecule has 0 aromatic heterocycles. The van der Waals surface area contributed by atoms with Gasteiger partial charge in [-0.05, 0) is 54.8 Å². The number of carbonyl (C=O) groups excluding carboxylic acids is 3. The van der Waals surface area contributed by atoms with Crippen LogP contribution in [0.1, 0.15) is 44.1 Å². The highest BCUT2D eigenvalue weighted by atomic mass is 16.7. The van der Waals surface area contributed by atoms with Gasteiger partial charge in [0, 0.05) is 12.5 Å². The molecule has 0 bridgehead atoms. The summed E-state index contributed by atoms with van der Waals surface area (Å²) >= 11 is 0. The van der Waals surface area contributed by atoms with E-state index >= 15 is 0 Å². The number of ether oxygens (including phenoxy) is 3. The highest BCUT2D eigenvalue weighted by Crippen LogP contribution is 2.35. The Hall–Kier alpha value is -3.55. The molecule has 2 aliphatic heterocycles. The van der Waals surface area contributed by atoms with Crippen molar-refractivity contribution in [3.8, 4) is 17.2 Å². The summed E-state index contributed by atoms with van der Waals surface area (Å²) in [4.78, 5) is 42.9. The van der Waals surface area contributed by atoms with Crippen LogP contribution >= 0.6 is 0 Å². The number of rotatable bonds is 6. The number of benzene rings is 2. The maximum atomic E-state index is 13.7. The second kappa shape index (κ2) is 9.37. The fourth-order valence-electron chi connectivity index (χ4n) is 5.02. The van der Waals surface area contributed by atoms with E-state index in [0.717, 1.165) is 37.7 Å². The van der Waals surface area contributed by atoms with Gasteiger partial charge in [0.05, 0.1) is 19.2 Å². The minimum atomic E-state index is -0.838. The summed E-state index contributed by atoms with van der Waals surface area (Å²) in [5, 5.41) is 0. The Labute approximate surface area is 198 Å². The molecular formula is C26H28N2O6. The second-order valence-corrected chi connectivity index (χ2v) is 8.97. The van der Waals surface area contributed by atoms with Crippen LogP contribution in [0.3, 0.4) is 0 Å². The number of imide groups is 1. The van der Waals surface area contributed by atoms with Gasteiger partial charge in [0.1, 0.15) is 11.8 Å². The Kier molecular flexibility index (Phi) is 6.13. The molecule has 1 unspecified atom stereocenters. The molecule has 0 radical (unpaired) electrons. The molecule has 1 saturated carbocycles. The number of amides is 3. The average Bonchev–Trinajstić information content (AvgIpc) is 3.46. The molecule has 3 aliphatic rings. The zero-order chi connectivity index (χ0) is 23.7. The summed E-state index contributed by atoms with van der Waals surface area (Å²) in [6.07, 6.45) is 4.72. The third-order valence-electron chi connectivity index (χ3n) is 6.86. The molecule has 5 rings (SSSR count). The Morgan fingerprint density at radius 1 is 1.03 bits per heavy atom. The molecule has 1 aliphatic carbocycles. The fraction of sp³-hybridized carbons (Fsp3) is 0.423. The average molecular weight is 465 g/mol. The maximum absolute atomic E-state index is 13.7. The monoisotopic (exact) mass is 464 g/mol. The van der Waals surface area contributed by atoms with E-state index in [4.69, 9.17) is 14.2 Å². The van der Waals surface area contributed by atoms with Gasteiger partial charge >= 0.3 is 0 Å². The van der Waals surface area contributed by atoms with Gasteiger partial charge in [-0.25, -0.2) is 4.90 Å². The van der Waals surface area contributed by atoms with Crippen LogP contribution in [0.25, 0.3) is 0 Å². The molecule has 2 aromatic rings. The molecule has 178 valence electrons. The molecule has 1 saturated heterocycles. The first kappa shape index (κ1) is 22.3. The Morgan fingerprint density at radius 3 is 2.50 bits per heavy atom. The largest absolute Gasteiger partial charge is 0.497 e. The quantitative estimate of drug-likeness (QED) is 0.607. The second-order valence-electron chi connectivity index (χ2n) is 8.97. The van der Waals surface area contributed by atoms with Crippen LogP contribution < -0.4 is 19.1 Å². The van der Waals surface area contributed by atoms with E-state index in [9.17, 15) is 14.4 Å². The zero-order valence-electron chi connectivity index (χ0n) is 19.2. The summed E-state index contributed by atoms with van der Waals surface area (Å²) in [5.74, 6) is 1.05. The molecule has 3 amide bonds. The fourth-order valence-corrected chi connectivity index (χ4v) is 5.02. The highest BCUT2D eigenvalue weighted by molar-refractivity contribution is 6.23. The summed E-state index contributed by atoms with van der Waals surface area (Å²) in [5.41, 5.74) is 1.31. The van der Waals surface area contributed by atoms with E-state index in [1.165, 1.54) is 4.90 Å². The third kappa shape index (κ3) is 4.20. The predicted octanol–water partition coefficient (Wildman–Crippen LogP) is 3.66. The lowest BCUT2D eigenvalue weighted by Gasteiger charge is -2.32. The molecule has 2 heterocycles. The van der Waals surface area contributed by atoms with Crippen molar-refractivity contribution in [3.05, 3.63) is 48.0 Å². The molecule has 1 atom stereocenters. The maximum Gasteiger partial charge on any atom is 0.257 e. The summed E-state index contributed by atoms with van der Waals surface area (Å²) in [6, 6.07) is 11.5. The smallest absolute Gasteiger partial charge is 0.257 e. The predicted molar refractivity (Wildman–Crippen MR) is 124 cm³/mol. The van der Waals surface area contributed by atoms with Gasteiger partial charge in [0.15, 0.2) is 11.5 Å². The summed E-state index contributed by atoms with van der Waals surface area (Å²) < 4.78 is 16.1. The summed E-state index contributed by atoms with van der Waals surface area (Å²) in [7, 11) is 1.56. The first-order chi connectivity index (χ1) is 16.5. The third-order valence-corrected chi connectivity index (χ3v) is 6.86. The van der Waals surface area contributed by atoms with Crippen LogP contribution in [0.4, 0.5) is 5.69 Å². The van der Waals surface area contributed by atoms with E-state index in [2.05, 4.69) is 0 Å². The van der Waals surface area contributed by atoms with Crippen LogP contribution in [0.5, 0.6) is 17.2 Å². The number of hydrogen-bond acceptors (Lipinski definition) is 6. The molecule has 0 N–H and O–H groups in total. The first-order valence-corrected chi connectivity index (χ1v) is 11.7. The van der Waals surface area contributed by atoms with Crippen molar-refractivity contribution in [2.75, 3.05) is 18.8 Å². The molecule has 8 heteroatoms. The Bertz CT molecular complexity index is 1090. The van der Waals surface area contributed by atoms with Crippen molar-refractivity contribution < 1.29 is 28.6 Å². The standard InChI is InChI=1S/C26H28N2O6/c1-32-20-10-8-19(9-11-20)28-24(29)14-21(26(28)31)27(25(30)18-5-3-2-4-6-18)15-17-7-12-22-23(13-17)34-16-33-22/h7-13,18,21H,2-6,14-16H2,1H3. The van der Waals surface area contributed by atoms with Crippen molar-refractivity contribution in [3.63, 3.8) is 0 Å². The van der Waals surface area contributed by atoms with Gasteiger partial charge in [-0.15, -0.1) is 0 Å². The molecule has 8 nitrogen and oxygen atoms in total. The van der Waals surface area contributed by atoms with Crippen molar-refractivity contribution in [1.29, 1.82) is 0 Å². The molecular weight excluding hydrogens is 436 g/mol. The lowest BCUT2D eigenvalue weighted by Crippen LogP contribution is -2.47. The van der Waals surface area contributed by atoms with E-state index in [1.807, 2.05) is 18.2 Å². The van der Waals surface area contributed by atoms with Crippen LogP contribution in [0, 0.1) is 5.92 Å².